The fourth-order valence-corrected chi connectivity index (χ4v) is 5.75. The van der Waals surface area contributed by atoms with Crippen molar-refractivity contribution in [3.63, 3.8) is 0 Å². The summed E-state index contributed by atoms with van der Waals surface area (Å²) < 4.78 is 0. The van der Waals surface area contributed by atoms with E-state index in [-0.39, 0.29) is 18.9 Å². The molecule has 1 aromatic heterocycles. The Hall–Kier alpha value is -2.37. The predicted molar refractivity (Wildman–Crippen MR) is 131 cm³/mol. The van der Waals surface area contributed by atoms with Gasteiger partial charge in [-0.1, -0.05) is 62.0 Å². The Kier molecular flexibility index (Phi) is 6.63. The fraction of sp³-hybridized carbons (Fsp3) is 0.385. The Morgan fingerprint density at radius 3 is 2.42 bits per heavy atom. The lowest BCUT2D eigenvalue weighted by molar-refractivity contribution is 0.187. The van der Waals surface area contributed by atoms with Crippen molar-refractivity contribution in [2.75, 3.05) is 23.7 Å². The monoisotopic (exact) mass is 432 g/mol. The second kappa shape index (κ2) is 9.41. The van der Waals surface area contributed by atoms with E-state index in [1.54, 1.807) is 11.8 Å². The second-order valence-corrected chi connectivity index (χ2v) is 9.61. The molecule has 0 bridgehead atoms. The molecule has 1 aliphatic heterocycles. The van der Waals surface area contributed by atoms with E-state index in [0.29, 0.717) is 0 Å². The van der Waals surface area contributed by atoms with Gasteiger partial charge in [0.2, 0.25) is 0 Å². The molecule has 0 saturated carbocycles. The average Bonchev–Trinajstić information content (AvgIpc) is 3.07. The number of rotatable bonds is 5. The third-order valence-electron chi connectivity index (χ3n) is 6.77. The van der Waals surface area contributed by atoms with Crippen molar-refractivity contribution in [2.24, 2.45) is 11.1 Å². The Balaban J connectivity index is 0.00000231. The van der Waals surface area contributed by atoms with Crippen LogP contribution < -0.4 is 10.6 Å². The van der Waals surface area contributed by atoms with E-state index in [0.717, 1.165) is 55.4 Å². The van der Waals surface area contributed by atoms with Crippen molar-refractivity contribution in [1.29, 1.82) is 0 Å². The van der Waals surface area contributed by atoms with E-state index in [9.17, 15) is 0 Å². The van der Waals surface area contributed by atoms with Crippen molar-refractivity contribution in [1.82, 2.24) is 9.97 Å². The van der Waals surface area contributed by atoms with E-state index in [2.05, 4.69) is 64.5 Å². The molecule has 5 rings (SSSR count). The second-order valence-electron chi connectivity index (χ2n) is 8.50. The highest BCUT2D eigenvalue weighted by atomic mass is 32.2. The Labute approximate surface area is 190 Å². The Morgan fingerprint density at radius 2 is 1.71 bits per heavy atom. The van der Waals surface area contributed by atoms with E-state index < -0.39 is 0 Å². The summed E-state index contributed by atoms with van der Waals surface area (Å²) in [5.41, 5.74) is 11.1. The summed E-state index contributed by atoms with van der Waals surface area (Å²) in [6, 6.07) is 19.4. The van der Waals surface area contributed by atoms with Crippen molar-refractivity contribution >= 4 is 17.6 Å². The van der Waals surface area contributed by atoms with Gasteiger partial charge in [0.15, 0.2) is 0 Å². The van der Waals surface area contributed by atoms with Gasteiger partial charge < -0.3 is 10.6 Å². The van der Waals surface area contributed by atoms with Crippen LogP contribution in [0.15, 0.2) is 72.0 Å². The molecule has 5 heteroatoms. The molecule has 1 aliphatic carbocycles. The number of nitrogens with two attached hydrogens (primary N) is 1. The fourth-order valence-electron chi connectivity index (χ4n) is 4.95. The van der Waals surface area contributed by atoms with Gasteiger partial charge >= 0.3 is 0 Å². The topological polar surface area (TPSA) is 55.0 Å². The smallest absolute Gasteiger partial charge is 0.147 e. The van der Waals surface area contributed by atoms with Gasteiger partial charge in [-0.2, -0.15) is 0 Å². The highest BCUT2D eigenvalue weighted by molar-refractivity contribution is 7.99. The molecule has 3 aromatic rings. The zero-order valence-corrected chi connectivity index (χ0v) is 18.0. The summed E-state index contributed by atoms with van der Waals surface area (Å²) in [6.07, 6.45) is 8.24. The molecule has 1 fully saturated rings. The maximum atomic E-state index is 6.70. The third kappa shape index (κ3) is 4.48. The number of hydrogen-bond donors (Lipinski definition) is 1. The normalized spacial score (nSPS) is 19.1. The molecule has 0 amide bonds. The van der Waals surface area contributed by atoms with Crippen molar-refractivity contribution in [3.8, 4) is 0 Å². The molecule has 0 radical (unpaired) electrons. The van der Waals surface area contributed by atoms with Crippen molar-refractivity contribution in [3.05, 3.63) is 83.7 Å². The van der Waals surface area contributed by atoms with Crippen LogP contribution in [0.2, 0.25) is 0 Å². The lowest BCUT2D eigenvalue weighted by Crippen LogP contribution is -2.44. The summed E-state index contributed by atoms with van der Waals surface area (Å²) in [7, 11) is 0. The van der Waals surface area contributed by atoms with Gasteiger partial charge in [-0.05, 0) is 47.8 Å². The number of nitrogens with zero attached hydrogens (tertiary/aromatic N) is 3. The van der Waals surface area contributed by atoms with Gasteiger partial charge in [0.1, 0.15) is 10.8 Å². The largest absolute Gasteiger partial charge is 0.355 e. The van der Waals surface area contributed by atoms with Gasteiger partial charge in [0.05, 0.1) is 12.4 Å². The van der Waals surface area contributed by atoms with E-state index >= 15 is 0 Å². The molecule has 2 aromatic carbocycles. The van der Waals surface area contributed by atoms with Crippen LogP contribution in [0.4, 0.5) is 5.82 Å². The van der Waals surface area contributed by atoms with Gasteiger partial charge in [-0.3, -0.25) is 0 Å². The van der Waals surface area contributed by atoms with E-state index in [1.165, 1.54) is 16.7 Å². The molecule has 2 N–H and O–H groups in total. The molecular weight excluding hydrogens is 400 g/mol. The van der Waals surface area contributed by atoms with Crippen molar-refractivity contribution in [2.45, 2.75) is 44.2 Å². The number of fused-ring (bicyclic) bond motifs is 1. The molecular formula is C26H32N4S. The first-order valence-corrected chi connectivity index (χ1v) is 11.8. The number of benzene rings is 2. The molecule has 2 heterocycles. The van der Waals surface area contributed by atoms with Crippen LogP contribution in [0, 0.1) is 5.41 Å². The van der Waals surface area contributed by atoms with Crippen molar-refractivity contribution < 1.29 is 0 Å². The minimum absolute atomic E-state index is 0. The summed E-state index contributed by atoms with van der Waals surface area (Å²) in [6.45, 7) is 1.99. The number of hydrogen-bond acceptors (Lipinski definition) is 5. The third-order valence-corrected chi connectivity index (χ3v) is 7.69. The maximum absolute atomic E-state index is 6.70. The summed E-state index contributed by atoms with van der Waals surface area (Å²) >= 11 is 1.77. The lowest BCUT2D eigenvalue weighted by atomic mass is 9.73. The number of aryl methyl sites for hydroxylation is 1. The lowest BCUT2D eigenvalue weighted by Gasteiger charge is -2.42. The van der Waals surface area contributed by atoms with E-state index in [1.807, 2.05) is 12.4 Å². The summed E-state index contributed by atoms with van der Waals surface area (Å²) in [5.74, 6) is 2.00. The summed E-state index contributed by atoms with van der Waals surface area (Å²) in [4.78, 5) is 11.7. The van der Waals surface area contributed by atoms with Crippen LogP contribution in [-0.2, 0) is 12.8 Å². The zero-order chi connectivity index (χ0) is 20.4. The highest BCUT2D eigenvalue weighted by Crippen LogP contribution is 2.50. The standard InChI is InChI=1S/C25H28N4S.CH4/c26-24-21-9-5-4-8-20(21)16-25(24)11-13-29(14-12-25)22-17-28-23(18-27-22)30-15-10-19-6-2-1-3-7-19;/h1-9,17-18,24H,10-16,26H2;1H4/t24-;/m1./s1. The van der Waals surface area contributed by atoms with Gasteiger partial charge in [-0.15, -0.1) is 11.8 Å². The number of thioether (sulfide) groups is 1. The molecule has 1 spiro atoms. The summed E-state index contributed by atoms with van der Waals surface area (Å²) in [5, 5.41) is 0.997. The number of piperidine rings is 1. The SMILES string of the molecule is C.N[C@@H]1c2ccccc2CC12CCN(c1cnc(SCCc3ccccc3)cn1)CC2. The molecule has 0 unspecified atom stereocenters. The molecule has 4 nitrogen and oxygen atoms in total. The maximum Gasteiger partial charge on any atom is 0.147 e. The number of aromatic nitrogens is 2. The predicted octanol–water partition coefficient (Wildman–Crippen LogP) is 5.29. The minimum Gasteiger partial charge on any atom is -0.355 e. The minimum atomic E-state index is 0. The van der Waals surface area contributed by atoms with E-state index in [4.69, 9.17) is 10.7 Å². The average molecular weight is 433 g/mol. The van der Waals surface area contributed by atoms with Crippen LogP contribution in [0.3, 0.4) is 0 Å². The quantitative estimate of drug-likeness (QED) is 0.555. The first-order chi connectivity index (χ1) is 14.7. The van der Waals surface area contributed by atoms with Crippen LogP contribution in [0.25, 0.3) is 0 Å². The zero-order valence-electron chi connectivity index (χ0n) is 17.2. The molecule has 1 saturated heterocycles. The molecule has 31 heavy (non-hydrogen) atoms. The molecule has 2 aliphatic rings. The first kappa shape index (κ1) is 21.8. The van der Waals surface area contributed by atoms with Gasteiger partial charge in [-0.25, -0.2) is 9.97 Å². The molecule has 162 valence electrons. The first-order valence-electron chi connectivity index (χ1n) is 10.8. The van der Waals surface area contributed by atoms with Crippen LogP contribution in [0.5, 0.6) is 0 Å². The number of anilines is 1. The van der Waals surface area contributed by atoms with Gasteiger partial charge in [0, 0.05) is 24.9 Å². The Bertz CT molecular complexity index is 982. The van der Waals surface area contributed by atoms with Crippen LogP contribution >= 0.6 is 11.8 Å². The van der Waals surface area contributed by atoms with Gasteiger partial charge in [0.25, 0.3) is 0 Å². The Morgan fingerprint density at radius 1 is 0.968 bits per heavy atom. The molecule has 1 atom stereocenters. The van der Waals surface area contributed by atoms with Crippen LogP contribution in [-0.4, -0.2) is 28.8 Å². The van der Waals surface area contributed by atoms with Crippen LogP contribution in [0.1, 0.15) is 43.0 Å². The highest BCUT2D eigenvalue weighted by Gasteiger charge is 2.45.